The Kier molecular flexibility index (Phi) is 4.76. The monoisotopic (exact) mass is 496 g/mol. The predicted octanol–water partition coefficient (Wildman–Crippen LogP) is 4.99. The fraction of sp³-hybridized carbons (Fsp3) is 0.250. The second-order valence-corrected chi connectivity index (χ2v) is 9.86. The number of carbonyl (C=O) groups is 1. The van der Waals surface area contributed by atoms with E-state index < -0.39 is 5.82 Å². The summed E-state index contributed by atoms with van der Waals surface area (Å²) in [5, 5.41) is 7.92. The van der Waals surface area contributed by atoms with Gasteiger partial charge >= 0.3 is 0 Å². The molecule has 0 unspecified atom stereocenters. The molecular formula is C28H25FN6O2. The zero-order valence-electron chi connectivity index (χ0n) is 20.3. The Morgan fingerprint density at radius 3 is 2.84 bits per heavy atom. The van der Waals surface area contributed by atoms with Gasteiger partial charge < -0.3 is 26.0 Å². The fourth-order valence-electron chi connectivity index (χ4n) is 5.30. The van der Waals surface area contributed by atoms with Gasteiger partial charge in [-0.2, -0.15) is 0 Å². The number of anilines is 4. The molecule has 1 saturated carbocycles. The Morgan fingerprint density at radius 1 is 1.14 bits per heavy atom. The lowest BCUT2D eigenvalue weighted by atomic mass is 9.97. The summed E-state index contributed by atoms with van der Waals surface area (Å²) >= 11 is 0. The number of ether oxygens (including phenoxy) is 1. The number of nitrogens with zero attached hydrogens (tertiary/aromatic N) is 3. The SMILES string of the molecule is Cc1c(-c2cc3cc(Nc4ccc5c(c4)CN(C4CC4)C5=O)ncc3c(N)c2F)cnc2c1NCCO2. The molecule has 1 amide bonds. The molecule has 37 heavy (non-hydrogen) atoms. The Bertz CT molecular complexity index is 1620. The van der Waals surface area contributed by atoms with E-state index >= 15 is 4.39 Å². The van der Waals surface area contributed by atoms with Crippen LogP contribution < -0.4 is 21.1 Å². The van der Waals surface area contributed by atoms with Crippen LogP contribution in [0.5, 0.6) is 5.88 Å². The van der Waals surface area contributed by atoms with Crippen LogP contribution in [0.1, 0.15) is 34.3 Å². The molecule has 2 aromatic heterocycles. The smallest absolute Gasteiger partial charge is 0.254 e. The largest absolute Gasteiger partial charge is 0.474 e. The number of nitrogens with one attached hydrogen (secondary N) is 2. The van der Waals surface area contributed by atoms with E-state index in [1.807, 2.05) is 36.1 Å². The Morgan fingerprint density at radius 2 is 2.00 bits per heavy atom. The van der Waals surface area contributed by atoms with E-state index in [0.29, 0.717) is 53.9 Å². The summed E-state index contributed by atoms with van der Waals surface area (Å²) < 4.78 is 21.1. The van der Waals surface area contributed by atoms with Crippen LogP contribution >= 0.6 is 0 Å². The molecule has 4 aromatic rings. The summed E-state index contributed by atoms with van der Waals surface area (Å²) in [6.07, 6.45) is 5.38. The van der Waals surface area contributed by atoms with Gasteiger partial charge in [-0.15, -0.1) is 0 Å². The highest BCUT2D eigenvalue weighted by Crippen LogP contribution is 2.40. The van der Waals surface area contributed by atoms with Crippen LogP contribution in [0.4, 0.5) is 27.3 Å². The van der Waals surface area contributed by atoms with Crippen molar-refractivity contribution in [3.05, 3.63) is 65.2 Å². The highest BCUT2D eigenvalue weighted by atomic mass is 19.1. The van der Waals surface area contributed by atoms with Crippen LogP contribution in [0.15, 0.2) is 42.7 Å². The highest BCUT2D eigenvalue weighted by molar-refractivity contribution is 6.00. The number of pyridine rings is 2. The van der Waals surface area contributed by atoms with Crippen molar-refractivity contribution in [2.75, 3.05) is 29.5 Å². The minimum atomic E-state index is -0.500. The summed E-state index contributed by atoms with van der Waals surface area (Å²) in [6.45, 7) is 3.77. The van der Waals surface area contributed by atoms with E-state index in [4.69, 9.17) is 10.5 Å². The third-order valence-electron chi connectivity index (χ3n) is 7.43. The van der Waals surface area contributed by atoms with E-state index in [1.54, 1.807) is 18.5 Å². The number of amides is 1. The van der Waals surface area contributed by atoms with Crippen molar-refractivity contribution < 1.29 is 13.9 Å². The summed E-state index contributed by atoms with van der Waals surface area (Å²) in [5.41, 5.74) is 11.6. The summed E-state index contributed by atoms with van der Waals surface area (Å²) in [7, 11) is 0. The first-order valence-corrected chi connectivity index (χ1v) is 12.4. The molecule has 0 atom stereocenters. The molecule has 4 heterocycles. The van der Waals surface area contributed by atoms with Gasteiger partial charge in [0.1, 0.15) is 18.1 Å². The number of aromatic nitrogens is 2. The molecule has 1 fully saturated rings. The first-order chi connectivity index (χ1) is 18.0. The van der Waals surface area contributed by atoms with E-state index in [0.717, 1.165) is 46.3 Å². The Balaban J connectivity index is 1.24. The van der Waals surface area contributed by atoms with Gasteiger partial charge in [-0.1, -0.05) is 0 Å². The normalized spacial score (nSPS) is 16.3. The van der Waals surface area contributed by atoms with E-state index in [-0.39, 0.29) is 11.6 Å². The Hall–Kier alpha value is -4.40. The zero-order chi connectivity index (χ0) is 25.3. The first kappa shape index (κ1) is 21.8. The standard InChI is InChI=1S/C28H25FN6O2/c1-14-21(11-33-27-26(14)31-6-7-37-27)20-9-15-10-23(32-12-22(15)25(30)24(20)29)34-17-2-5-19-16(8-17)13-35(28(19)36)18-3-4-18/h2,5,8-12,18,31H,3-4,6-7,13,30H2,1H3,(H,32,34). The van der Waals surface area contributed by atoms with E-state index in [9.17, 15) is 4.79 Å². The van der Waals surface area contributed by atoms with Crippen molar-refractivity contribution >= 4 is 39.6 Å². The van der Waals surface area contributed by atoms with Crippen molar-refractivity contribution in [3.63, 3.8) is 0 Å². The Labute approximate surface area is 212 Å². The van der Waals surface area contributed by atoms with Crippen LogP contribution in [-0.2, 0) is 6.54 Å². The van der Waals surface area contributed by atoms with Gasteiger partial charge in [0.05, 0.1) is 5.69 Å². The highest BCUT2D eigenvalue weighted by Gasteiger charge is 2.38. The topological polar surface area (TPSA) is 105 Å². The average Bonchev–Trinajstić information content (AvgIpc) is 3.70. The lowest BCUT2D eigenvalue weighted by molar-refractivity contribution is 0.0766. The van der Waals surface area contributed by atoms with Crippen molar-refractivity contribution in [3.8, 4) is 17.0 Å². The van der Waals surface area contributed by atoms with Crippen LogP contribution in [0.2, 0.25) is 0 Å². The van der Waals surface area contributed by atoms with Crippen molar-refractivity contribution in [1.29, 1.82) is 0 Å². The summed E-state index contributed by atoms with van der Waals surface area (Å²) in [5.74, 6) is 0.739. The molecule has 186 valence electrons. The van der Waals surface area contributed by atoms with Gasteiger partial charge in [-0.05, 0) is 66.6 Å². The van der Waals surface area contributed by atoms with Gasteiger partial charge in [0.15, 0.2) is 5.82 Å². The number of hydrogen-bond donors (Lipinski definition) is 3. The molecule has 0 radical (unpaired) electrons. The molecule has 2 aromatic carbocycles. The summed E-state index contributed by atoms with van der Waals surface area (Å²) in [6, 6.07) is 9.79. The number of benzene rings is 2. The van der Waals surface area contributed by atoms with Crippen molar-refractivity contribution in [1.82, 2.24) is 14.9 Å². The van der Waals surface area contributed by atoms with Crippen LogP contribution in [-0.4, -0.2) is 40.0 Å². The number of nitrogens with two attached hydrogens (primary N) is 1. The fourth-order valence-corrected chi connectivity index (χ4v) is 5.30. The number of nitrogen functional groups attached to an aromatic ring is 1. The van der Waals surface area contributed by atoms with Crippen LogP contribution in [0.25, 0.3) is 21.9 Å². The molecule has 9 heteroatoms. The maximum atomic E-state index is 15.4. The molecule has 4 N–H and O–H groups in total. The second-order valence-electron chi connectivity index (χ2n) is 9.86. The maximum absolute atomic E-state index is 15.4. The van der Waals surface area contributed by atoms with E-state index in [2.05, 4.69) is 20.6 Å². The zero-order valence-corrected chi connectivity index (χ0v) is 20.3. The molecule has 3 aliphatic rings. The maximum Gasteiger partial charge on any atom is 0.254 e. The minimum Gasteiger partial charge on any atom is -0.474 e. The second kappa shape index (κ2) is 8.06. The number of hydrogen-bond acceptors (Lipinski definition) is 7. The minimum absolute atomic E-state index is 0.0455. The van der Waals surface area contributed by atoms with Crippen LogP contribution in [0.3, 0.4) is 0 Å². The molecule has 2 aliphatic heterocycles. The molecular weight excluding hydrogens is 471 g/mol. The molecule has 0 saturated heterocycles. The van der Waals surface area contributed by atoms with Gasteiger partial charge in [-0.25, -0.2) is 14.4 Å². The third kappa shape index (κ3) is 3.53. The number of carbonyl (C=O) groups excluding carboxylic acids is 1. The predicted molar refractivity (Wildman–Crippen MR) is 141 cm³/mol. The van der Waals surface area contributed by atoms with Crippen molar-refractivity contribution in [2.24, 2.45) is 0 Å². The number of fused-ring (bicyclic) bond motifs is 3. The lowest BCUT2D eigenvalue weighted by Gasteiger charge is -2.22. The average molecular weight is 497 g/mol. The van der Waals surface area contributed by atoms with Gasteiger partial charge in [0, 0.05) is 59.3 Å². The molecule has 0 spiro atoms. The van der Waals surface area contributed by atoms with Gasteiger partial charge in [0.2, 0.25) is 5.88 Å². The molecule has 1 aliphatic carbocycles. The van der Waals surface area contributed by atoms with Crippen LogP contribution in [0, 0.1) is 12.7 Å². The van der Waals surface area contributed by atoms with Gasteiger partial charge in [-0.3, -0.25) is 4.79 Å². The van der Waals surface area contributed by atoms with Gasteiger partial charge in [0.25, 0.3) is 5.91 Å². The number of rotatable bonds is 4. The summed E-state index contributed by atoms with van der Waals surface area (Å²) in [4.78, 5) is 23.5. The molecule has 0 bridgehead atoms. The third-order valence-corrected chi connectivity index (χ3v) is 7.43. The van der Waals surface area contributed by atoms with E-state index in [1.165, 1.54) is 0 Å². The lowest BCUT2D eigenvalue weighted by Crippen LogP contribution is -2.25. The van der Waals surface area contributed by atoms with Crippen molar-refractivity contribution in [2.45, 2.75) is 32.4 Å². The quantitative estimate of drug-likeness (QED) is 0.342. The molecule has 8 nitrogen and oxygen atoms in total. The number of halogens is 1. The molecule has 7 rings (SSSR count). The first-order valence-electron chi connectivity index (χ1n) is 12.4.